The Labute approximate surface area is 152 Å². The second kappa shape index (κ2) is 9.34. The first kappa shape index (κ1) is 19.1. The topological polar surface area (TPSA) is 84.2 Å². The minimum Gasteiger partial charge on any atom is -0.351 e. The van der Waals surface area contributed by atoms with Crippen molar-refractivity contribution >= 4 is 23.3 Å². The Morgan fingerprint density at radius 2 is 1.92 bits per heavy atom. The molecular formula is C19H25N3O2S. The molecule has 0 aliphatic carbocycles. The van der Waals surface area contributed by atoms with Gasteiger partial charge in [-0.3, -0.25) is 15.4 Å². The van der Waals surface area contributed by atoms with Crippen LogP contribution in [0, 0.1) is 0 Å². The van der Waals surface area contributed by atoms with Crippen molar-refractivity contribution in [2.45, 2.75) is 45.2 Å². The van der Waals surface area contributed by atoms with Crippen molar-refractivity contribution in [2.24, 2.45) is 5.73 Å². The van der Waals surface area contributed by atoms with E-state index >= 15 is 0 Å². The molecule has 2 aromatic rings. The number of carbonyl (C=O) groups is 2. The minimum absolute atomic E-state index is 0.117. The number of nitrogens with one attached hydrogen (secondary N) is 2. The molecule has 6 heteroatoms. The lowest BCUT2D eigenvalue weighted by Crippen LogP contribution is -2.47. The van der Waals surface area contributed by atoms with E-state index in [-0.39, 0.29) is 6.04 Å². The molecule has 1 aromatic heterocycles. The lowest BCUT2D eigenvalue weighted by Gasteiger charge is -2.22. The third-order valence-corrected chi connectivity index (χ3v) is 4.95. The minimum atomic E-state index is -0.841. The van der Waals surface area contributed by atoms with Crippen molar-refractivity contribution in [3.63, 3.8) is 0 Å². The van der Waals surface area contributed by atoms with Crippen LogP contribution in [0.4, 0.5) is 4.79 Å². The van der Waals surface area contributed by atoms with Gasteiger partial charge in [0.1, 0.15) is 0 Å². The van der Waals surface area contributed by atoms with Gasteiger partial charge < -0.3 is 5.73 Å². The fraction of sp³-hybridized carbons (Fsp3) is 0.368. The highest BCUT2D eigenvalue weighted by molar-refractivity contribution is 7.10. The number of aryl methyl sites for hydroxylation is 1. The smallest absolute Gasteiger partial charge is 0.318 e. The third kappa shape index (κ3) is 5.69. The number of hydrogen-bond acceptors (Lipinski definition) is 4. The number of rotatable bonds is 8. The van der Waals surface area contributed by atoms with Crippen molar-refractivity contribution in [2.75, 3.05) is 0 Å². The summed E-state index contributed by atoms with van der Waals surface area (Å²) in [5, 5.41) is 7.42. The SMILES string of the molecule is CCCCc1ccc([C@H](N[C@@H](C)C(=O)NC(N)=O)c2cccs2)cc1. The highest BCUT2D eigenvalue weighted by Crippen LogP contribution is 2.27. The Morgan fingerprint density at radius 1 is 1.20 bits per heavy atom. The van der Waals surface area contributed by atoms with Crippen molar-refractivity contribution in [1.82, 2.24) is 10.6 Å². The van der Waals surface area contributed by atoms with Crippen LogP contribution < -0.4 is 16.4 Å². The van der Waals surface area contributed by atoms with E-state index in [0.29, 0.717) is 0 Å². The molecule has 0 bridgehead atoms. The number of thiophene rings is 1. The fourth-order valence-corrected chi connectivity index (χ4v) is 3.42. The summed E-state index contributed by atoms with van der Waals surface area (Å²) in [6.45, 7) is 3.90. The molecule has 0 aliphatic heterocycles. The van der Waals surface area contributed by atoms with Crippen molar-refractivity contribution in [1.29, 1.82) is 0 Å². The van der Waals surface area contributed by atoms with E-state index in [1.54, 1.807) is 18.3 Å². The maximum absolute atomic E-state index is 12.0. The van der Waals surface area contributed by atoms with Crippen LogP contribution in [-0.2, 0) is 11.2 Å². The average molecular weight is 359 g/mol. The molecule has 1 heterocycles. The molecule has 2 atom stereocenters. The van der Waals surface area contributed by atoms with E-state index in [9.17, 15) is 9.59 Å². The Hall–Kier alpha value is -2.18. The average Bonchev–Trinajstić information content (AvgIpc) is 3.12. The Bertz CT molecular complexity index is 683. The highest BCUT2D eigenvalue weighted by atomic mass is 32.1. The molecule has 0 aliphatic rings. The third-order valence-electron chi connectivity index (χ3n) is 4.02. The molecule has 0 saturated carbocycles. The Kier molecular flexibility index (Phi) is 7.16. The van der Waals surface area contributed by atoms with Crippen molar-refractivity contribution in [3.05, 3.63) is 57.8 Å². The molecule has 2 rings (SSSR count). The van der Waals surface area contributed by atoms with Crippen LogP contribution in [0.15, 0.2) is 41.8 Å². The van der Waals surface area contributed by atoms with Gasteiger partial charge in [-0.1, -0.05) is 43.7 Å². The van der Waals surface area contributed by atoms with Crippen LogP contribution in [0.2, 0.25) is 0 Å². The number of amides is 3. The summed E-state index contributed by atoms with van der Waals surface area (Å²) < 4.78 is 0. The van der Waals surface area contributed by atoms with E-state index in [0.717, 1.165) is 16.9 Å². The monoisotopic (exact) mass is 359 g/mol. The van der Waals surface area contributed by atoms with E-state index in [1.807, 2.05) is 17.5 Å². The molecule has 0 saturated heterocycles. The van der Waals surface area contributed by atoms with Gasteiger partial charge in [-0.2, -0.15) is 0 Å². The van der Waals surface area contributed by atoms with Gasteiger partial charge in [-0.15, -0.1) is 11.3 Å². The summed E-state index contributed by atoms with van der Waals surface area (Å²) >= 11 is 1.63. The summed E-state index contributed by atoms with van der Waals surface area (Å²) in [5.74, 6) is -0.436. The zero-order valence-electron chi connectivity index (χ0n) is 14.6. The number of hydrogen-bond donors (Lipinski definition) is 3. The van der Waals surface area contributed by atoms with Crippen molar-refractivity contribution in [3.8, 4) is 0 Å². The molecule has 4 N–H and O–H groups in total. The van der Waals surface area contributed by atoms with E-state index in [2.05, 4.69) is 41.8 Å². The Morgan fingerprint density at radius 3 is 2.48 bits per heavy atom. The lowest BCUT2D eigenvalue weighted by atomic mass is 10.0. The van der Waals surface area contributed by atoms with Gasteiger partial charge in [0.2, 0.25) is 5.91 Å². The zero-order valence-corrected chi connectivity index (χ0v) is 15.4. The molecule has 0 unspecified atom stereocenters. The second-order valence-corrected chi connectivity index (χ2v) is 7.01. The van der Waals surface area contributed by atoms with Gasteiger partial charge in [0.25, 0.3) is 0 Å². The lowest BCUT2D eigenvalue weighted by molar-refractivity contribution is -0.121. The molecule has 25 heavy (non-hydrogen) atoms. The predicted octanol–water partition coefficient (Wildman–Crippen LogP) is 3.35. The quantitative estimate of drug-likeness (QED) is 0.676. The number of urea groups is 1. The summed E-state index contributed by atoms with van der Waals surface area (Å²) in [6, 6.07) is 11.0. The molecule has 0 radical (unpaired) electrons. The van der Waals surface area contributed by atoms with E-state index in [1.165, 1.54) is 18.4 Å². The molecular weight excluding hydrogens is 334 g/mol. The van der Waals surface area contributed by atoms with Crippen LogP contribution in [-0.4, -0.2) is 18.0 Å². The molecule has 3 amide bonds. The normalized spacial score (nSPS) is 13.2. The molecule has 5 nitrogen and oxygen atoms in total. The maximum atomic E-state index is 12.0. The summed E-state index contributed by atoms with van der Waals surface area (Å²) in [7, 11) is 0. The van der Waals surface area contributed by atoms with Gasteiger partial charge in [-0.05, 0) is 42.3 Å². The van der Waals surface area contributed by atoms with Gasteiger partial charge >= 0.3 is 6.03 Å². The number of carbonyl (C=O) groups excluding carboxylic acids is 2. The molecule has 0 fully saturated rings. The molecule has 1 aromatic carbocycles. The van der Waals surface area contributed by atoms with Gasteiger partial charge in [0.15, 0.2) is 0 Å². The van der Waals surface area contributed by atoms with E-state index < -0.39 is 18.0 Å². The molecule has 0 spiro atoms. The Balaban J connectivity index is 2.16. The van der Waals surface area contributed by atoms with Crippen molar-refractivity contribution < 1.29 is 9.59 Å². The summed E-state index contributed by atoms with van der Waals surface area (Å²) in [4.78, 5) is 24.0. The number of primary amides is 1. The van der Waals surface area contributed by atoms with Gasteiger partial charge in [-0.25, -0.2) is 4.79 Å². The van der Waals surface area contributed by atoms with Gasteiger partial charge in [0.05, 0.1) is 12.1 Å². The van der Waals surface area contributed by atoms with Crippen LogP contribution in [0.5, 0.6) is 0 Å². The van der Waals surface area contributed by atoms with Crippen LogP contribution in [0.3, 0.4) is 0 Å². The number of nitrogens with two attached hydrogens (primary N) is 1. The maximum Gasteiger partial charge on any atom is 0.318 e. The number of benzene rings is 1. The first-order chi connectivity index (χ1) is 12.0. The first-order valence-corrected chi connectivity index (χ1v) is 9.37. The van der Waals surface area contributed by atoms with E-state index in [4.69, 9.17) is 5.73 Å². The molecule has 134 valence electrons. The number of imide groups is 1. The number of unbranched alkanes of at least 4 members (excludes halogenated alkanes) is 1. The zero-order chi connectivity index (χ0) is 18.2. The van der Waals surface area contributed by atoms with Crippen LogP contribution in [0.1, 0.15) is 48.7 Å². The summed E-state index contributed by atoms with van der Waals surface area (Å²) in [6.07, 6.45) is 3.43. The summed E-state index contributed by atoms with van der Waals surface area (Å²) in [5.41, 5.74) is 7.43. The standard InChI is InChI=1S/C19H25N3O2S/c1-3-4-6-14-8-10-15(11-9-14)17(16-7-5-12-25-16)21-13(2)18(23)22-19(20)24/h5,7-13,17,21H,3-4,6H2,1-2H3,(H3,20,22,23,24)/t13-,17-/m0/s1. The second-order valence-electron chi connectivity index (χ2n) is 6.04. The first-order valence-electron chi connectivity index (χ1n) is 8.49. The fourth-order valence-electron chi connectivity index (χ4n) is 2.61. The van der Waals surface area contributed by atoms with Crippen LogP contribution in [0.25, 0.3) is 0 Å². The predicted molar refractivity (Wildman–Crippen MR) is 102 cm³/mol. The van der Waals surface area contributed by atoms with Gasteiger partial charge in [0, 0.05) is 4.88 Å². The van der Waals surface area contributed by atoms with Crippen LogP contribution >= 0.6 is 11.3 Å². The highest BCUT2D eigenvalue weighted by Gasteiger charge is 2.22. The largest absolute Gasteiger partial charge is 0.351 e.